The molecule has 0 N–H and O–H groups in total. The van der Waals surface area contributed by atoms with Gasteiger partial charge in [0, 0.05) is 54.3 Å². The van der Waals surface area contributed by atoms with E-state index in [1.165, 1.54) is 46.6 Å². The first-order chi connectivity index (χ1) is 28.8. The Bertz CT molecular complexity index is 2870. The monoisotopic (exact) mass is 776 g/mol. The zero-order valence-electron chi connectivity index (χ0n) is 31.9. The van der Waals surface area contributed by atoms with Gasteiger partial charge >= 0.3 is 0 Å². The van der Waals surface area contributed by atoms with Gasteiger partial charge in [0.25, 0.3) is 0 Å². The number of rotatable bonds is 10. The van der Waals surface area contributed by atoms with Crippen LogP contribution in [0.25, 0.3) is 20.2 Å². The highest BCUT2D eigenvalue weighted by Crippen LogP contribution is 2.41. The molecular formula is C54H40N2SSi. The molecule has 0 atom stereocenters. The second-order valence-electron chi connectivity index (χ2n) is 14.5. The van der Waals surface area contributed by atoms with Gasteiger partial charge in [-0.2, -0.15) is 0 Å². The van der Waals surface area contributed by atoms with Crippen LogP contribution in [-0.4, -0.2) is 8.07 Å². The van der Waals surface area contributed by atoms with Crippen molar-refractivity contribution in [1.82, 2.24) is 0 Å². The highest BCUT2D eigenvalue weighted by molar-refractivity contribution is 7.25. The van der Waals surface area contributed by atoms with E-state index in [2.05, 4.69) is 252 Å². The van der Waals surface area contributed by atoms with E-state index in [-0.39, 0.29) is 0 Å². The summed E-state index contributed by atoms with van der Waals surface area (Å²) in [6.07, 6.45) is 0. The maximum absolute atomic E-state index is 3.09. The van der Waals surface area contributed by atoms with Gasteiger partial charge in [-0.1, -0.05) is 164 Å². The van der Waals surface area contributed by atoms with Crippen LogP contribution < -0.4 is 30.5 Å². The lowest BCUT2D eigenvalue weighted by atomic mass is 10.1. The van der Waals surface area contributed by atoms with Crippen LogP contribution in [0.4, 0.5) is 34.1 Å². The van der Waals surface area contributed by atoms with Crippen LogP contribution >= 0.6 is 11.3 Å². The van der Waals surface area contributed by atoms with Crippen LogP contribution in [0.2, 0.25) is 0 Å². The van der Waals surface area contributed by atoms with Crippen LogP contribution in [0.5, 0.6) is 0 Å². The standard InChI is InChI=1S/C54H40N2SSi/c1-6-21-41(22-7-1)55(45-37-38-53-50(40-45)49-33-16-18-35-52(49)57-53)44-27-20-32-48(39-44)58(46-28-12-4-13-29-46,47-30-14-5-15-31-47)54-36-19-17-34-51(54)56(42-23-8-2-9-24-42)43-25-10-3-11-26-43/h1-40H. The molecular weight excluding hydrogens is 737 g/mol. The summed E-state index contributed by atoms with van der Waals surface area (Å²) in [6.45, 7) is 0. The topological polar surface area (TPSA) is 6.48 Å². The quantitative estimate of drug-likeness (QED) is 0.101. The number of nitrogens with zero attached hydrogens (tertiary/aromatic N) is 2. The van der Waals surface area contributed by atoms with Crippen molar-refractivity contribution in [3.8, 4) is 0 Å². The van der Waals surface area contributed by atoms with Crippen molar-refractivity contribution in [2.45, 2.75) is 0 Å². The molecule has 1 aromatic heterocycles. The Balaban J connectivity index is 1.26. The number of para-hydroxylation sites is 4. The predicted octanol–water partition coefficient (Wildman–Crippen LogP) is 12.4. The summed E-state index contributed by atoms with van der Waals surface area (Å²) < 4.78 is 2.60. The van der Waals surface area contributed by atoms with E-state index in [9.17, 15) is 0 Å². The average Bonchev–Trinajstić information content (AvgIpc) is 3.68. The molecule has 10 rings (SSSR count). The van der Waals surface area contributed by atoms with Gasteiger partial charge in [-0.05, 0) is 99.6 Å². The van der Waals surface area contributed by atoms with Gasteiger partial charge < -0.3 is 9.80 Å². The molecule has 0 aliphatic carbocycles. The SMILES string of the molecule is c1ccc(N(c2cccc([Si](c3ccccc3)(c3ccccc3)c3ccccc3N(c3ccccc3)c3ccccc3)c2)c2ccc3sc4ccccc4c3c2)cc1. The molecule has 58 heavy (non-hydrogen) atoms. The maximum atomic E-state index is 2.47. The zero-order valence-corrected chi connectivity index (χ0v) is 33.7. The molecule has 0 aliphatic heterocycles. The zero-order chi connectivity index (χ0) is 38.7. The van der Waals surface area contributed by atoms with Gasteiger partial charge in [-0.25, -0.2) is 0 Å². The molecule has 0 unspecified atom stereocenters. The van der Waals surface area contributed by atoms with Crippen LogP contribution in [0.1, 0.15) is 0 Å². The van der Waals surface area contributed by atoms with Crippen LogP contribution in [0.3, 0.4) is 0 Å². The van der Waals surface area contributed by atoms with Crippen molar-refractivity contribution < 1.29 is 0 Å². The van der Waals surface area contributed by atoms with E-state index in [0.717, 1.165) is 28.4 Å². The van der Waals surface area contributed by atoms with E-state index in [1.807, 2.05) is 11.3 Å². The van der Waals surface area contributed by atoms with Crippen LogP contribution in [0.15, 0.2) is 243 Å². The van der Waals surface area contributed by atoms with Crippen molar-refractivity contribution in [2.24, 2.45) is 0 Å². The number of anilines is 6. The lowest BCUT2D eigenvalue weighted by Gasteiger charge is -2.39. The third-order valence-electron chi connectivity index (χ3n) is 11.2. The Kier molecular flexibility index (Phi) is 9.48. The number of fused-ring (bicyclic) bond motifs is 3. The Hall–Kier alpha value is -6.98. The van der Waals surface area contributed by atoms with Crippen molar-refractivity contribution in [3.05, 3.63) is 243 Å². The first kappa shape index (κ1) is 35.4. The summed E-state index contributed by atoms with van der Waals surface area (Å²) >= 11 is 1.86. The van der Waals surface area contributed by atoms with E-state index < -0.39 is 8.07 Å². The Morgan fingerprint density at radius 3 is 1.36 bits per heavy atom. The van der Waals surface area contributed by atoms with Gasteiger partial charge in [0.2, 0.25) is 0 Å². The summed E-state index contributed by atoms with van der Waals surface area (Å²) in [7, 11) is -3.09. The van der Waals surface area contributed by atoms with Crippen molar-refractivity contribution in [1.29, 1.82) is 0 Å². The summed E-state index contributed by atoms with van der Waals surface area (Å²) in [5, 5.41) is 7.84. The minimum atomic E-state index is -3.09. The molecule has 0 saturated carbocycles. The summed E-state index contributed by atoms with van der Waals surface area (Å²) in [4.78, 5) is 4.86. The van der Waals surface area contributed by atoms with E-state index in [1.54, 1.807) is 0 Å². The number of hydrogen-bond acceptors (Lipinski definition) is 3. The second kappa shape index (κ2) is 15.5. The van der Waals surface area contributed by atoms with E-state index in [0.29, 0.717) is 0 Å². The lowest BCUT2D eigenvalue weighted by Crippen LogP contribution is -2.75. The van der Waals surface area contributed by atoms with Gasteiger partial charge in [0.15, 0.2) is 8.07 Å². The molecule has 0 amide bonds. The van der Waals surface area contributed by atoms with Crippen LogP contribution in [-0.2, 0) is 0 Å². The Morgan fingerprint density at radius 1 is 0.293 bits per heavy atom. The smallest absolute Gasteiger partial charge is 0.181 e. The first-order valence-corrected chi connectivity index (χ1v) is 22.6. The summed E-state index contributed by atoms with van der Waals surface area (Å²) in [5.74, 6) is 0. The summed E-state index contributed by atoms with van der Waals surface area (Å²) in [5.41, 5.74) is 6.76. The molecule has 10 aromatic rings. The minimum Gasteiger partial charge on any atom is -0.311 e. The molecule has 0 bridgehead atoms. The molecule has 0 spiro atoms. The third kappa shape index (κ3) is 6.29. The molecule has 9 aromatic carbocycles. The molecule has 2 nitrogen and oxygen atoms in total. The Labute approximate surface area is 345 Å². The number of benzene rings is 9. The largest absolute Gasteiger partial charge is 0.311 e. The molecule has 276 valence electrons. The molecule has 0 saturated heterocycles. The third-order valence-corrected chi connectivity index (χ3v) is 17.1. The van der Waals surface area contributed by atoms with Crippen molar-refractivity contribution >= 4 is 94.5 Å². The summed E-state index contributed by atoms with van der Waals surface area (Å²) in [6, 6.07) is 89.0. The fourth-order valence-corrected chi connectivity index (χ4v) is 14.7. The predicted molar refractivity (Wildman–Crippen MR) is 252 cm³/mol. The van der Waals surface area contributed by atoms with Gasteiger partial charge in [0.05, 0.1) is 0 Å². The highest BCUT2D eigenvalue weighted by atomic mass is 32.1. The average molecular weight is 777 g/mol. The van der Waals surface area contributed by atoms with E-state index in [4.69, 9.17) is 0 Å². The fourth-order valence-electron chi connectivity index (χ4n) is 8.67. The van der Waals surface area contributed by atoms with Crippen LogP contribution in [0, 0.1) is 0 Å². The minimum absolute atomic E-state index is 1.12. The lowest BCUT2D eigenvalue weighted by molar-refractivity contribution is 1.29. The van der Waals surface area contributed by atoms with E-state index >= 15 is 0 Å². The number of thiophene rings is 1. The van der Waals surface area contributed by atoms with Gasteiger partial charge in [-0.15, -0.1) is 11.3 Å². The van der Waals surface area contributed by atoms with Gasteiger partial charge in [-0.3, -0.25) is 0 Å². The normalized spacial score (nSPS) is 11.4. The molecule has 0 radical (unpaired) electrons. The first-order valence-electron chi connectivity index (χ1n) is 19.8. The number of hydrogen-bond donors (Lipinski definition) is 0. The van der Waals surface area contributed by atoms with Crippen molar-refractivity contribution in [3.63, 3.8) is 0 Å². The Morgan fingerprint density at radius 2 is 0.741 bits per heavy atom. The fraction of sp³-hybridized carbons (Fsp3) is 0. The highest BCUT2D eigenvalue weighted by Gasteiger charge is 2.44. The molecule has 1 heterocycles. The maximum Gasteiger partial charge on any atom is 0.181 e. The second-order valence-corrected chi connectivity index (χ2v) is 19.4. The van der Waals surface area contributed by atoms with Crippen molar-refractivity contribution in [2.75, 3.05) is 9.80 Å². The molecule has 0 fully saturated rings. The van der Waals surface area contributed by atoms with Gasteiger partial charge in [0.1, 0.15) is 0 Å². The molecule has 4 heteroatoms. The molecule has 0 aliphatic rings.